The van der Waals surface area contributed by atoms with E-state index in [4.69, 9.17) is 0 Å². The average Bonchev–Trinajstić information content (AvgIpc) is 2.58. The molecule has 0 aromatic heterocycles. The van der Waals surface area contributed by atoms with Crippen molar-refractivity contribution >= 4 is 15.7 Å². The van der Waals surface area contributed by atoms with Crippen molar-refractivity contribution in [1.29, 1.82) is 0 Å². The largest absolute Gasteiger partial charge is 0.416 e. The molecule has 0 saturated heterocycles. The van der Waals surface area contributed by atoms with Gasteiger partial charge in [0.1, 0.15) is 0 Å². The van der Waals surface area contributed by atoms with Crippen molar-refractivity contribution in [3.05, 3.63) is 69.8 Å². The van der Waals surface area contributed by atoms with E-state index in [1.165, 1.54) is 12.1 Å². The summed E-state index contributed by atoms with van der Waals surface area (Å²) in [5.74, 6) is 4.86. The summed E-state index contributed by atoms with van der Waals surface area (Å²) in [6.45, 7) is -0.338. The number of benzene rings is 2. The Morgan fingerprint density at radius 1 is 1.12 bits per heavy atom. The smallest absolute Gasteiger partial charge is 0.258 e. The SMILES string of the molecule is O=[N+]([O-])c1ccc(S(=O)(=O)NCC#Cc2cccc(C(F)(F)F)c2)cc1. The van der Waals surface area contributed by atoms with Gasteiger partial charge in [-0.3, -0.25) is 10.1 Å². The van der Waals surface area contributed by atoms with Crippen LogP contribution in [-0.4, -0.2) is 19.9 Å². The molecule has 0 aliphatic rings. The molecule has 2 aromatic carbocycles. The van der Waals surface area contributed by atoms with Crippen LogP contribution in [0.15, 0.2) is 53.4 Å². The Hall–Kier alpha value is -2.90. The zero-order valence-corrected chi connectivity index (χ0v) is 13.8. The van der Waals surface area contributed by atoms with Crippen molar-refractivity contribution in [2.24, 2.45) is 0 Å². The van der Waals surface area contributed by atoms with E-state index < -0.39 is 26.7 Å². The predicted molar refractivity (Wildman–Crippen MR) is 86.6 cm³/mol. The predicted octanol–water partition coefficient (Wildman–Crippen LogP) is 2.94. The van der Waals surface area contributed by atoms with Gasteiger partial charge in [-0.1, -0.05) is 17.9 Å². The quantitative estimate of drug-likeness (QED) is 0.499. The number of sulfonamides is 1. The van der Waals surface area contributed by atoms with E-state index in [0.29, 0.717) is 0 Å². The van der Waals surface area contributed by atoms with Crippen LogP contribution in [0.5, 0.6) is 0 Å². The second-order valence-electron chi connectivity index (χ2n) is 4.96. The molecule has 2 rings (SSSR count). The first-order chi connectivity index (χ1) is 12.1. The van der Waals surface area contributed by atoms with E-state index in [1.54, 1.807) is 0 Å². The lowest BCUT2D eigenvalue weighted by Gasteiger charge is -2.06. The minimum atomic E-state index is -4.49. The third-order valence-electron chi connectivity index (χ3n) is 3.13. The van der Waals surface area contributed by atoms with Gasteiger partial charge in [-0.2, -0.15) is 17.9 Å². The van der Waals surface area contributed by atoms with Crippen LogP contribution < -0.4 is 4.72 Å². The summed E-state index contributed by atoms with van der Waals surface area (Å²) in [4.78, 5) is 9.69. The summed E-state index contributed by atoms with van der Waals surface area (Å²) < 4.78 is 64.0. The maximum atomic E-state index is 12.6. The minimum absolute atomic E-state index is 0.0920. The first kappa shape index (κ1) is 19.4. The molecule has 1 N–H and O–H groups in total. The Bertz CT molecular complexity index is 975. The van der Waals surface area contributed by atoms with E-state index in [0.717, 1.165) is 36.4 Å². The third kappa shape index (κ3) is 5.05. The molecule has 136 valence electrons. The van der Waals surface area contributed by atoms with E-state index in [9.17, 15) is 31.7 Å². The lowest BCUT2D eigenvalue weighted by atomic mass is 10.1. The molecule has 6 nitrogen and oxygen atoms in total. The molecule has 0 unspecified atom stereocenters. The molecule has 0 aliphatic heterocycles. The first-order valence-corrected chi connectivity index (χ1v) is 8.48. The molecular formula is C16H11F3N2O4S. The molecule has 10 heteroatoms. The summed E-state index contributed by atoms with van der Waals surface area (Å²) in [5.41, 5.74) is -1.02. The van der Waals surface area contributed by atoms with Gasteiger partial charge in [0.05, 0.1) is 21.9 Å². The number of alkyl halides is 3. The summed E-state index contributed by atoms with van der Waals surface area (Å²) >= 11 is 0. The molecule has 0 saturated carbocycles. The molecule has 0 amide bonds. The zero-order chi connectivity index (χ0) is 19.4. The van der Waals surface area contributed by atoms with Crippen LogP contribution >= 0.6 is 0 Å². The molecule has 0 heterocycles. The van der Waals surface area contributed by atoms with E-state index in [2.05, 4.69) is 16.6 Å². The van der Waals surface area contributed by atoms with Crippen molar-refractivity contribution in [3.63, 3.8) is 0 Å². The van der Waals surface area contributed by atoms with Crippen LogP contribution in [0.1, 0.15) is 11.1 Å². The first-order valence-electron chi connectivity index (χ1n) is 7.00. The van der Waals surface area contributed by atoms with Crippen molar-refractivity contribution in [2.45, 2.75) is 11.1 Å². The van der Waals surface area contributed by atoms with Crippen LogP contribution in [0, 0.1) is 22.0 Å². The van der Waals surface area contributed by atoms with Crippen LogP contribution in [0.4, 0.5) is 18.9 Å². The Kier molecular flexibility index (Phi) is 5.64. The molecule has 2 aromatic rings. The number of nitro groups is 1. The molecule has 0 aliphatic carbocycles. The number of hydrogen-bond acceptors (Lipinski definition) is 4. The van der Waals surface area contributed by atoms with Crippen molar-refractivity contribution in [2.75, 3.05) is 6.54 Å². The molecule has 0 fully saturated rings. The number of nitrogens with zero attached hydrogens (tertiary/aromatic N) is 1. The van der Waals surface area contributed by atoms with Gasteiger partial charge in [-0.05, 0) is 30.3 Å². The van der Waals surface area contributed by atoms with Gasteiger partial charge in [-0.25, -0.2) is 8.42 Å². The lowest BCUT2D eigenvalue weighted by molar-refractivity contribution is -0.384. The fourth-order valence-electron chi connectivity index (χ4n) is 1.88. The van der Waals surface area contributed by atoms with E-state index >= 15 is 0 Å². The number of rotatable bonds is 4. The maximum absolute atomic E-state index is 12.6. The standard InChI is InChI=1S/C16H11F3N2O4S/c17-16(18,19)13-5-1-3-12(11-13)4-2-10-20-26(24,25)15-8-6-14(7-9-15)21(22)23/h1,3,5-9,11,20H,10H2. The number of non-ortho nitro benzene ring substituents is 1. The highest BCUT2D eigenvalue weighted by Gasteiger charge is 2.30. The molecule has 0 bridgehead atoms. The molecule has 0 spiro atoms. The van der Waals surface area contributed by atoms with Gasteiger partial charge < -0.3 is 0 Å². The second-order valence-corrected chi connectivity index (χ2v) is 6.72. The average molecular weight is 384 g/mol. The van der Waals surface area contributed by atoms with E-state index in [-0.39, 0.29) is 22.7 Å². The van der Waals surface area contributed by atoms with Crippen LogP contribution in [-0.2, 0) is 16.2 Å². The number of halogens is 3. The number of nitro benzene ring substituents is 1. The summed E-state index contributed by atoms with van der Waals surface area (Å²) in [7, 11) is -3.94. The highest BCUT2D eigenvalue weighted by Crippen LogP contribution is 2.29. The van der Waals surface area contributed by atoms with Gasteiger partial charge in [-0.15, -0.1) is 0 Å². The zero-order valence-electron chi connectivity index (χ0n) is 12.9. The van der Waals surface area contributed by atoms with Gasteiger partial charge in [0.15, 0.2) is 0 Å². The fraction of sp³-hybridized carbons (Fsp3) is 0.125. The maximum Gasteiger partial charge on any atom is 0.416 e. The van der Waals surface area contributed by atoms with E-state index in [1.807, 2.05) is 0 Å². The van der Waals surface area contributed by atoms with Crippen molar-refractivity contribution in [3.8, 4) is 11.8 Å². The Morgan fingerprint density at radius 3 is 2.35 bits per heavy atom. The number of nitrogens with one attached hydrogen (secondary N) is 1. The Morgan fingerprint density at radius 2 is 1.77 bits per heavy atom. The van der Waals surface area contributed by atoms with Gasteiger partial charge in [0.2, 0.25) is 10.0 Å². The van der Waals surface area contributed by atoms with Crippen molar-refractivity contribution < 1.29 is 26.5 Å². The van der Waals surface area contributed by atoms with Gasteiger partial charge >= 0.3 is 6.18 Å². The molecular weight excluding hydrogens is 373 g/mol. The Balaban J connectivity index is 2.06. The fourth-order valence-corrected chi connectivity index (χ4v) is 2.80. The normalized spacial score (nSPS) is 11.5. The highest BCUT2D eigenvalue weighted by atomic mass is 32.2. The topological polar surface area (TPSA) is 89.3 Å². The lowest BCUT2D eigenvalue weighted by Crippen LogP contribution is -2.23. The van der Waals surface area contributed by atoms with Crippen LogP contribution in [0.3, 0.4) is 0 Å². The number of hydrogen-bond donors (Lipinski definition) is 1. The molecule has 0 radical (unpaired) electrons. The highest BCUT2D eigenvalue weighted by molar-refractivity contribution is 7.89. The molecule has 26 heavy (non-hydrogen) atoms. The van der Waals surface area contributed by atoms with Crippen molar-refractivity contribution in [1.82, 2.24) is 4.72 Å². The summed E-state index contributed by atoms with van der Waals surface area (Å²) in [5, 5.41) is 10.5. The minimum Gasteiger partial charge on any atom is -0.258 e. The van der Waals surface area contributed by atoms with Gasteiger partial charge in [0, 0.05) is 17.7 Å². The second kappa shape index (κ2) is 7.55. The Labute approximate surface area is 146 Å². The van der Waals surface area contributed by atoms with Gasteiger partial charge in [0.25, 0.3) is 5.69 Å². The third-order valence-corrected chi connectivity index (χ3v) is 4.55. The van der Waals surface area contributed by atoms with Crippen LogP contribution in [0.25, 0.3) is 0 Å². The monoisotopic (exact) mass is 384 g/mol. The summed E-state index contributed by atoms with van der Waals surface area (Å²) in [6, 6.07) is 8.56. The molecule has 0 atom stereocenters. The summed E-state index contributed by atoms with van der Waals surface area (Å²) in [6.07, 6.45) is -4.49. The van der Waals surface area contributed by atoms with Crippen LogP contribution in [0.2, 0.25) is 0 Å².